The van der Waals surface area contributed by atoms with Crippen molar-refractivity contribution in [2.75, 3.05) is 33.4 Å². The third-order valence-corrected chi connectivity index (χ3v) is 3.87. The van der Waals surface area contributed by atoms with Gasteiger partial charge in [-0.2, -0.15) is 0 Å². The topological polar surface area (TPSA) is 55.8 Å². The molecule has 1 saturated heterocycles. The van der Waals surface area contributed by atoms with Crippen LogP contribution in [0.15, 0.2) is 11.8 Å². The second-order valence-electron chi connectivity index (χ2n) is 5.76. The zero-order chi connectivity index (χ0) is 14.0. The summed E-state index contributed by atoms with van der Waals surface area (Å²) in [6, 6.07) is 0. The van der Waals surface area contributed by atoms with Crippen LogP contribution in [-0.2, 0) is 19.1 Å². The summed E-state index contributed by atoms with van der Waals surface area (Å²) >= 11 is 0. The van der Waals surface area contributed by atoms with Crippen LogP contribution in [-0.4, -0.2) is 50.1 Å². The van der Waals surface area contributed by atoms with Gasteiger partial charge in [-0.05, 0) is 11.8 Å². The lowest BCUT2D eigenvalue weighted by atomic mass is 9.69. The van der Waals surface area contributed by atoms with E-state index in [9.17, 15) is 9.59 Å². The predicted molar refractivity (Wildman–Crippen MR) is 69.4 cm³/mol. The predicted octanol–water partition coefficient (Wildman–Crippen LogP) is 0.991. The van der Waals surface area contributed by atoms with E-state index in [1.807, 2.05) is 13.8 Å². The molecular weight excluding hydrogens is 246 g/mol. The van der Waals surface area contributed by atoms with E-state index in [2.05, 4.69) is 4.90 Å². The van der Waals surface area contributed by atoms with E-state index in [0.717, 1.165) is 18.8 Å². The molecule has 1 atom stereocenters. The summed E-state index contributed by atoms with van der Waals surface area (Å²) in [6.07, 6.45) is 2.32. The number of hydrogen-bond donors (Lipinski definition) is 0. The fourth-order valence-corrected chi connectivity index (χ4v) is 2.86. The first-order valence-corrected chi connectivity index (χ1v) is 6.60. The van der Waals surface area contributed by atoms with Gasteiger partial charge in [0, 0.05) is 24.9 Å². The summed E-state index contributed by atoms with van der Waals surface area (Å²) < 4.78 is 10.1. The normalized spacial score (nSPS) is 26.9. The van der Waals surface area contributed by atoms with E-state index in [1.54, 1.807) is 6.08 Å². The molecule has 1 heterocycles. The summed E-state index contributed by atoms with van der Waals surface area (Å²) in [6.45, 7) is 6.87. The van der Waals surface area contributed by atoms with E-state index in [4.69, 9.17) is 9.47 Å². The summed E-state index contributed by atoms with van der Waals surface area (Å²) in [5, 5.41) is 0. The van der Waals surface area contributed by atoms with Crippen LogP contribution >= 0.6 is 0 Å². The molecular formula is C14H21NO4. The minimum Gasteiger partial charge on any atom is -0.468 e. The highest BCUT2D eigenvalue weighted by Gasteiger charge is 2.45. The van der Waals surface area contributed by atoms with Crippen molar-refractivity contribution in [3.05, 3.63) is 11.8 Å². The molecule has 2 rings (SSSR count). The lowest BCUT2D eigenvalue weighted by molar-refractivity contribution is -0.153. The van der Waals surface area contributed by atoms with Crippen LogP contribution in [0, 0.1) is 11.3 Å². The Morgan fingerprint density at radius 3 is 2.58 bits per heavy atom. The van der Waals surface area contributed by atoms with Crippen LogP contribution in [0.5, 0.6) is 0 Å². The van der Waals surface area contributed by atoms with Crippen molar-refractivity contribution < 1.29 is 19.1 Å². The summed E-state index contributed by atoms with van der Waals surface area (Å²) in [5.74, 6) is -1.28. The molecule has 0 bridgehead atoms. The Kier molecular flexibility index (Phi) is 3.94. The smallest absolute Gasteiger partial charge is 0.317 e. The first-order chi connectivity index (χ1) is 8.95. The van der Waals surface area contributed by atoms with Gasteiger partial charge in [-0.25, -0.2) is 0 Å². The Hall–Kier alpha value is -1.36. The van der Waals surface area contributed by atoms with Crippen molar-refractivity contribution >= 4 is 11.8 Å². The molecule has 0 aromatic rings. The van der Waals surface area contributed by atoms with Crippen LogP contribution in [0.2, 0.25) is 0 Å². The number of carbonyl (C=O) groups excluding carboxylic acids is 2. The van der Waals surface area contributed by atoms with Gasteiger partial charge >= 0.3 is 5.97 Å². The van der Waals surface area contributed by atoms with E-state index in [0.29, 0.717) is 19.6 Å². The molecule has 0 aromatic heterocycles. The van der Waals surface area contributed by atoms with Crippen molar-refractivity contribution in [2.45, 2.75) is 20.3 Å². The van der Waals surface area contributed by atoms with Gasteiger partial charge in [-0.1, -0.05) is 13.8 Å². The third-order valence-electron chi connectivity index (χ3n) is 3.87. The fourth-order valence-electron chi connectivity index (χ4n) is 2.86. The van der Waals surface area contributed by atoms with E-state index in [-0.39, 0.29) is 5.78 Å². The van der Waals surface area contributed by atoms with Gasteiger partial charge in [-0.15, -0.1) is 0 Å². The highest BCUT2D eigenvalue weighted by atomic mass is 16.5. The van der Waals surface area contributed by atoms with Crippen LogP contribution in [0.1, 0.15) is 20.3 Å². The number of ether oxygens (including phenoxy) is 2. The van der Waals surface area contributed by atoms with Crippen molar-refractivity contribution in [3.63, 3.8) is 0 Å². The molecule has 0 radical (unpaired) electrons. The minimum atomic E-state index is -0.692. The van der Waals surface area contributed by atoms with Crippen molar-refractivity contribution in [2.24, 2.45) is 11.3 Å². The number of allylic oxidation sites excluding steroid dienone is 2. The molecule has 1 aliphatic heterocycles. The number of rotatable bonds is 2. The molecule has 1 aliphatic carbocycles. The van der Waals surface area contributed by atoms with Crippen LogP contribution in [0.4, 0.5) is 0 Å². The Morgan fingerprint density at radius 2 is 2.05 bits per heavy atom. The Balaban J connectivity index is 2.21. The van der Waals surface area contributed by atoms with Crippen molar-refractivity contribution in [1.29, 1.82) is 0 Å². The van der Waals surface area contributed by atoms with Gasteiger partial charge in [0.05, 0.1) is 20.3 Å². The number of morpholine rings is 1. The van der Waals surface area contributed by atoms with E-state index >= 15 is 0 Å². The molecule has 2 aliphatic rings. The Morgan fingerprint density at radius 1 is 1.42 bits per heavy atom. The first-order valence-electron chi connectivity index (χ1n) is 6.60. The average Bonchev–Trinajstić information content (AvgIpc) is 2.37. The SMILES string of the molecule is COC(=O)[C@@H]1C(=O)C=C(N2CCOCC2)CC1(C)C. The second-order valence-corrected chi connectivity index (χ2v) is 5.76. The number of carbonyl (C=O) groups is 2. The highest BCUT2D eigenvalue weighted by molar-refractivity contribution is 6.06. The Labute approximate surface area is 113 Å². The average molecular weight is 267 g/mol. The van der Waals surface area contributed by atoms with Gasteiger partial charge in [0.25, 0.3) is 0 Å². The lowest BCUT2D eigenvalue weighted by Crippen LogP contribution is -2.45. The quantitative estimate of drug-likeness (QED) is 0.551. The van der Waals surface area contributed by atoms with E-state index < -0.39 is 17.3 Å². The second kappa shape index (κ2) is 5.33. The third kappa shape index (κ3) is 2.81. The van der Waals surface area contributed by atoms with Gasteiger partial charge in [0.2, 0.25) is 0 Å². The van der Waals surface area contributed by atoms with Gasteiger partial charge < -0.3 is 14.4 Å². The summed E-state index contributed by atoms with van der Waals surface area (Å²) in [4.78, 5) is 26.2. The molecule has 5 nitrogen and oxygen atoms in total. The number of methoxy groups -OCH3 is 1. The zero-order valence-corrected chi connectivity index (χ0v) is 11.8. The highest BCUT2D eigenvalue weighted by Crippen LogP contribution is 2.40. The Bertz CT molecular complexity index is 408. The van der Waals surface area contributed by atoms with Gasteiger partial charge in [0.1, 0.15) is 5.92 Å². The minimum absolute atomic E-state index is 0.149. The molecule has 0 saturated carbocycles. The monoisotopic (exact) mass is 267 g/mol. The standard InChI is InChI=1S/C14H21NO4/c1-14(2)9-10(15-4-6-19-7-5-15)8-11(16)12(14)13(17)18-3/h8,12H,4-7,9H2,1-3H3/t12-/m0/s1. The van der Waals surface area contributed by atoms with Crippen molar-refractivity contribution in [3.8, 4) is 0 Å². The largest absolute Gasteiger partial charge is 0.468 e. The maximum absolute atomic E-state index is 12.2. The number of hydrogen-bond acceptors (Lipinski definition) is 5. The first kappa shape index (κ1) is 14.1. The molecule has 19 heavy (non-hydrogen) atoms. The van der Waals surface area contributed by atoms with Gasteiger partial charge in [0.15, 0.2) is 5.78 Å². The fraction of sp³-hybridized carbons (Fsp3) is 0.714. The van der Waals surface area contributed by atoms with Crippen LogP contribution < -0.4 is 0 Å². The molecule has 0 N–H and O–H groups in total. The molecule has 0 aromatic carbocycles. The van der Waals surface area contributed by atoms with E-state index in [1.165, 1.54) is 7.11 Å². The summed E-state index contributed by atoms with van der Waals surface area (Å²) in [5.41, 5.74) is 0.602. The van der Waals surface area contributed by atoms with Crippen LogP contribution in [0.3, 0.4) is 0 Å². The zero-order valence-electron chi connectivity index (χ0n) is 11.8. The maximum Gasteiger partial charge on any atom is 0.317 e. The molecule has 0 amide bonds. The molecule has 5 heteroatoms. The summed E-state index contributed by atoms with van der Waals surface area (Å²) in [7, 11) is 1.33. The number of esters is 1. The molecule has 106 valence electrons. The molecule has 0 unspecified atom stereocenters. The van der Waals surface area contributed by atoms with Crippen LogP contribution in [0.25, 0.3) is 0 Å². The lowest BCUT2D eigenvalue weighted by Gasteiger charge is -2.40. The number of ketones is 1. The molecule has 1 fully saturated rings. The molecule has 0 spiro atoms. The van der Waals surface area contributed by atoms with Crippen molar-refractivity contribution in [1.82, 2.24) is 4.90 Å². The maximum atomic E-state index is 12.2. The van der Waals surface area contributed by atoms with Gasteiger partial charge in [-0.3, -0.25) is 9.59 Å². The number of nitrogens with zero attached hydrogens (tertiary/aromatic N) is 1.